The average Bonchev–Trinajstić information content (AvgIpc) is 2.47. The Balaban J connectivity index is 2.21. The number of hydrogen-bond donors (Lipinski definition) is 1. The summed E-state index contributed by atoms with van der Waals surface area (Å²) in [5, 5.41) is 11.0. The van der Waals surface area contributed by atoms with Crippen LogP contribution in [0.4, 0.5) is 0 Å². The van der Waals surface area contributed by atoms with Gasteiger partial charge in [0.1, 0.15) is 17.6 Å². The second-order valence-corrected chi connectivity index (χ2v) is 5.44. The fourth-order valence-corrected chi connectivity index (χ4v) is 2.23. The molecule has 0 aliphatic carbocycles. The van der Waals surface area contributed by atoms with Gasteiger partial charge in [-0.25, -0.2) is 0 Å². The standard InChI is InChI=1S/C17H19ClO3/c1-11(2)21-14-7-4-12(5-8-14)17(19)13-6-9-15(18)16(10-13)20-3/h4-11,17,19H,1-3H3. The van der Waals surface area contributed by atoms with Crippen molar-refractivity contribution < 1.29 is 14.6 Å². The van der Waals surface area contributed by atoms with Crippen molar-refractivity contribution in [2.75, 3.05) is 7.11 Å². The monoisotopic (exact) mass is 306 g/mol. The van der Waals surface area contributed by atoms with Crippen molar-refractivity contribution in [3.05, 3.63) is 58.6 Å². The smallest absolute Gasteiger partial charge is 0.137 e. The lowest BCUT2D eigenvalue weighted by Gasteiger charge is -2.15. The van der Waals surface area contributed by atoms with Crippen molar-refractivity contribution in [2.24, 2.45) is 0 Å². The lowest BCUT2D eigenvalue weighted by Crippen LogP contribution is -2.06. The number of halogens is 1. The van der Waals surface area contributed by atoms with E-state index in [-0.39, 0.29) is 6.10 Å². The maximum Gasteiger partial charge on any atom is 0.137 e. The highest BCUT2D eigenvalue weighted by Gasteiger charge is 2.13. The predicted octanol–water partition coefficient (Wildman–Crippen LogP) is 4.22. The molecule has 4 heteroatoms. The van der Waals surface area contributed by atoms with Crippen LogP contribution in [-0.4, -0.2) is 18.3 Å². The van der Waals surface area contributed by atoms with Gasteiger partial charge in [-0.05, 0) is 49.2 Å². The average molecular weight is 307 g/mol. The predicted molar refractivity (Wildman–Crippen MR) is 84.3 cm³/mol. The topological polar surface area (TPSA) is 38.7 Å². The molecule has 0 saturated carbocycles. The van der Waals surface area contributed by atoms with E-state index in [2.05, 4.69) is 0 Å². The van der Waals surface area contributed by atoms with Gasteiger partial charge >= 0.3 is 0 Å². The van der Waals surface area contributed by atoms with E-state index in [1.165, 1.54) is 0 Å². The Morgan fingerprint density at radius 2 is 1.62 bits per heavy atom. The van der Waals surface area contributed by atoms with Crippen molar-refractivity contribution in [1.82, 2.24) is 0 Å². The quantitative estimate of drug-likeness (QED) is 0.899. The van der Waals surface area contributed by atoms with Crippen LogP contribution in [0.15, 0.2) is 42.5 Å². The molecule has 3 nitrogen and oxygen atoms in total. The maximum atomic E-state index is 10.4. The van der Waals surface area contributed by atoms with Gasteiger partial charge in [-0.2, -0.15) is 0 Å². The number of aliphatic hydroxyl groups is 1. The van der Waals surface area contributed by atoms with Crippen LogP contribution < -0.4 is 9.47 Å². The summed E-state index contributed by atoms with van der Waals surface area (Å²) in [5.74, 6) is 1.34. The van der Waals surface area contributed by atoms with Gasteiger partial charge in [-0.3, -0.25) is 0 Å². The molecule has 0 heterocycles. The van der Waals surface area contributed by atoms with Gasteiger partial charge in [0.2, 0.25) is 0 Å². The van der Waals surface area contributed by atoms with Crippen molar-refractivity contribution in [1.29, 1.82) is 0 Å². The van der Waals surface area contributed by atoms with E-state index in [1.54, 1.807) is 25.3 Å². The third kappa shape index (κ3) is 3.90. The Morgan fingerprint density at radius 1 is 1.00 bits per heavy atom. The third-order valence-corrected chi connectivity index (χ3v) is 3.37. The molecule has 1 N–H and O–H groups in total. The molecule has 0 aliphatic rings. The fourth-order valence-electron chi connectivity index (χ4n) is 2.04. The van der Waals surface area contributed by atoms with Gasteiger partial charge in [-0.15, -0.1) is 0 Å². The van der Waals surface area contributed by atoms with Crippen LogP contribution in [0.3, 0.4) is 0 Å². The van der Waals surface area contributed by atoms with Gasteiger partial charge in [0, 0.05) is 0 Å². The van der Waals surface area contributed by atoms with Crippen LogP contribution >= 0.6 is 11.6 Å². The first-order valence-electron chi connectivity index (χ1n) is 6.79. The molecule has 21 heavy (non-hydrogen) atoms. The summed E-state index contributed by atoms with van der Waals surface area (Å²) >= 11 is 5.99. The Labute approximate surface area is 130 Å². The van der Waals surface area contributed by atoms with E-state index in [4.69, 9.17) is 21.1 Å². The zero-order valence-electron chi connectivity index (χ0n) is 12.3. The minimum Gasteiger partial charge on any atom is -0.495 e. The molecule has 2 aromatic carbocycles. The van der Waals surface area contributed by atoms with E-state index in [0.717, 1.165) is 16.9 Å². The van der Waals surface area contributed by atoms with Gasteiger partial charge in [-0.1, -0.05) is 29.8 Å². The molecule has 2 aromatic rings. The largest absolute Gasteiger partial charge is 0.495 e. The molecule has 1 unspecified atom stereocenters. The van der Waals surface area contributed by atoms with Crippen LogP contribution in [0.2, 0.25) is 5.02 Å². The Morgan fingerprint density at radius 3 is 2.19 bits per heavy atom. The molecule has 0 saturated heterocycles. The number of hydrogen-bond acceptors (Lipinski definition) is 3. The van der Waals surface area contributed by atoms with Gasteiger partial charge in [0.25, 0.3) is 0 Å². The molecule has 1 atom stereocenters. The number of rotatable bonds is 5. The van der Waals surface area contributed by atoms with Crippen molar-refractivity contribution in [2.45, 2.75) is 26.1 Å². The molecule has 2 rings (SSSR count). The van der Waals surface area contributed by atoms with Crippen LogP contribution in [0.1, 0.15) is 31.1 Å². The molecule has 0 fully saturated rings. The van der Waals surface area contributed by atoms with Crippen molar-refractivity contribution in [3.63, 3.8) is 0 Å². The summed E-state index contributed by atoms with van der Waals surface area (Å²) in [5.41, 5.74) is 1.52. The first kappa shape index (κ1) is 15.7. The fraction of sp³-hybridized carbons (Fsp3) is 0.294. The summed E-state index contributed by atoms with van der Waals surface area (Å²) in [4.78, 5) is 0. The van der Waals surface area contributed by atoms with Gasteiger partial charge < -0.3 is 14.6 Å². The zero-order chi connectivity index (χ0) is 15.4. The molecule has 0 aliphatic heterocycles. The van der Waals surface area contributed by atoms with E-state index in [1.807, 2.05) is 38.1 Å². The van der Waals surface area contributed by atoms with Crippen molar-refractivity contribution in [3.8, 4) is 11.5 Å². The Kier molecular flexibility index (Phi) is 5.10. The van der Waals surface area contributed by atoms with E-state index in [9.17, 15) is 5.11 Å². The number of methoxy groups -OCH3 is 1. The molecule has 0 radical (unpaired) electrons. The van der Waals surface area contributed by atoms with Crippen LogP contribution in [-0.2, 0) is 0 Å². The summed E-state index contributed by atoms with van der Waals surface area (Å²) in [6.07, 6.45) is -0.606. The van der Waals surface area contributed by atoms with Gasteiger partial charge in [0.15, 0.2) is 0 Å². The Hall–Kier alpha value is -1.71. The van der Waals surface area contributed by atoms with E-state index < -0.39 is 6.10 Å². The number of benzene rings is 2. The molecule has 0 spiro atoms. The normalized spacial score (nSPS) is 12.3. The number of aliphatic hydroxyl groups excluding tert-OH is 1. The Bertz CT molecular complexity index is 593. The molecule has 0 amide bonds. The summed E-state index contributed by atoms with van der Waals surface area (Å²) < 4.78 is 10.8. The molecular formula is C17H19ClO3. The molecule has 0 aromatic heterocycles. The minimum atomic E-state index is -0.732. The highest BCUT2D eigenvalue weighted by molar-refractivity contribution is 6.32. The highest BCUT2D eigenvalue weighted by atomic mass is 35.5. The first-order chi connectivity index (χ1) is 10.0. The third-order valence-electron chi connectivity index (χ3n) is 3.06. The van der Waals surface area contributed by atoms with E-state index in [0.29, 0.717) is 10.8 Å². The second kappa shape index (κ2) is 6.83. The second-order valence-electron chi connectivity index (χ2n) is 5.03. The highest BCUT2D eigenvalue weighted by Crippen LogP contribution is 2.31. The lowest BCUT2D eigenvalue weighted by atomic mass is 10.0. The van der Waals surface area contributed by atoms with E-state index >= 15 is 0 Å². The molecular weight excluding hydrogens is 288 g/mol. The first-order valence-corrected chi connectivity index (χ1v) is 7.17. The summed E-state index contributed by atoms with van der Waals surface area (Å²) in [6, 6.07) is 12.7. The lowest BCUT2D eigenvalue weighted by molar-refractivity contribution is 0.219. The van der Waals surface area contributed by atoms with Gasteiger partial charge in [0.05, 0.1) is 18.2 Å². The zero-order valence-corrected chi connectivity index (χ0v) is 13.1. The van der Waals surface area contributed by atoms with Crippen LogP contribution in [0, 0.1) is 0 Å². The van der Waals surface area contributed by atoms with Crippen molar-refractivity contribution >= 4 is 11.6 Å². The summed E-state index contributed by atoms with van der Waals surface area (Å²) in [7, 11) is 1.55. The summed E-state index contributed by atoms with van der Waals surface area (Å²) in [6.45, 7) is 3.95. The number of ether oxygens (including phenoxy) is 2. The minimum absolute atomic E-state index is 0.126. The molecule has 0 bridgehead atoms. The SMILES string of the molecule is COc1cc(C(O)c2ccc(OC(C)C)cc2)ccc1Cl. The van der Waals surface area contributed by atoms with Crippen LogP contribution in [0.5, 0.6) is 11.5 Å². The maximum absolute atomic E-state index is 10.4. The van der Waals surface area contributed by atoms with Crippen LogP contribution in [0.25, 0.3) is 0 Å². The molecule has 112 valence electrons.